The van der Waals surface area contributed by atoms with Crippen molar-refractivity contribution in [1.82, 2.24) is 25.4 Å². The van der Waals surface area contributed by atoms with Crippen molar-refractivity contribution in [3.8, 4) is 5.75 Å². The Morgan fingerprint density at radius 2 is 2.06 bits per heavy atom. The van der Waals surface area contributed by atoms with E-state index >= 15 is 0 Å². The molecule has 0 saturated heterocycles. The molecule has 1 aromatic carbocycles. The molecule has 3 rings (SSSR count). The number of fused-ring (bicyclic) bond motifs is 1. The Kier molecular flexibility index (Phi) is 10.5. The Morgan fingerprint density at radius 1 is 1.29 bits per heavy atom. The Bertz CT molecular complexity index is 822. The van der Waals surface area contributed by atoms with Crippen LogP contribution >= 0.6 is 24.0 Å². The van der Waals surface area contributed by atoms with Gasteiger partial charge in [0.05, 0.1) is 13.1 Å². The minimum Gasteiger partial charge on any atom is -0.492 e. The molecule has 1 aliphatic rings. The molecular formula is C22H35IN6O2. The van der Waals surface area contributed by atoms with E-state index in [9.17, 15) is 0 Å². The molecule has 0 radical (unpaired) electrons. The average molecular weight is 542 g/mol. The first-order valence-corrected chi connectivity index (χ1v) is 10.8. The average Bonchev–Trinajstić information content (AvgIpc) is 3.13. The standard InChI is InChI=1S/C22H34N6O2.HI/c1-5-23-22(24-12-13-30-19-9-6-17(7-10-19)16(2)3)25-18-8-11-21-26-20(15-29-4)27-28(21)14-18;/h6-7,9-10,16,18H,5,8,11-15H2,1-4H3,(H2,23,24,25);1H. The molecule has 1 aliphatic heterocycles. The van der Waals surface area contributed by atoms with Crippen LogP contribution < -0.4 is 15.4 Å². The van der Waals surface area contributed by atoms with Gasteiger partial charge in [0.1, 0.15) is 24.8 Å². The van der Waals surface area contributed by atoms with Gasteiger partial charge in [-0.1, -0.05) is 26.0 Å². The number of aromatic nitrogens is 3. The molecule has 1 aromatic heterocycles. The highest BCUT2D eigenvalue weighted by molar-refractivity contribution is 14.0. The van der Waals surface area contributed by atoms with E-state index in [1.54, 1.807) is 7.11 Å². The molecule has 31 heavy (non-hydrogen) atoms. The summed E-state index contributed by atoms with van der Waals surface area (Å²) < 4.78 is 12.9. The first-order chi connectivity index (χ1) is 14.6. The van der Waals surface area contributed by atoms with Crippen LogP contribution in [0.3, 0.4) is 0 Å². The van der Waals surface area contributed by atoms with Crippen LogP contribution in [0.5, 0.6) is 5.75 Å². The predicted octanol–water partition coefficient (Wildman–Crippen LogP) is 3.11. The summed E-state index contributed by atoms with van der Waals surface area (Å²) >= 11 is 0. The third-order valence-electron chi connectivity index (χ3n) is 5.04. The highest BCUT2D eigenvalue weighted by Crippen LogP contribution is 2.18. The van der Waals surface area contributed by atoms with Crippen LogP contribution in [0.2, 0.25) is 0 Å². The van der Waals surface area contributed by atoms with Gasteiger partial charge in [-0.2, -0.15) is 5.10 Å². The number of nitrogens with zero attached hydrogens (tertiary/aromatic N) is 4. The van der Waals surface area contributed by atoms with Gasteiger partial charge in [0.25, 0.3) is 0 Å². The van der Waals surface area contributed by atoms with Crippen molar-refractivity contribution in [2.24, 2.45) is 4.99 Å². The van der Waals surface area contributed by atoms with Crippen molar-refractivity contribution >= 4 is 29.9 Å². The van der Waals surface area contributed by atoms with E-state index in [4.69, 9.17) is 9.47 Å². The van der Waals surface area contributed by atoms with Gasteiger partial charge in [-0.3, -0.25) is 0 Å². The molecule has 2 N–H and O–H groups in total. The monoisotopic (exact) mass is 542 g/mol. The zero-order chi connectivity index (χ0) is 21.3. The van der Waals surface area contributed by atoms with Gasteiger partial charge >= 0.3 is 0 Å². The lowest BCUT2D eigenvalue weighted by atomic mass is 10.0. The molecule has 8 nitrogen and oxygen atoms in total. The maximum atomic E-state index is 5.83. The SMILES string of the molecule is CCNC(=NCCOc1ccc(C(C)C)cc1)NC1CCc2nc(COC)nn2C1.I. The number of ether oxygens (including phenoxy) is 2. The summed E-state index contributed by atoms with van der Waals surface area (Å²) in [5.41, 5.74) is 1.32. The second-order valence-corrected chi connectivity index (χ2v) is 7.77. The highest BCUT2D eigenvalue weighted by atomic mass is 127. The smallest absolute Gasteiger partial charge is 0.191 e. The van der Waals surface area contributed by atoms with Crippen LogP contribution in [0.15, 0.2) is 29.3 Å². The fourth-order valence-corrected chi connectivity index (χ4v) is 3.45. The second-order valence-electron chi connectivity index (χ2n) is 7.77. The quantitative estimate of drug-likeness (QED) is 0.219. The number of guanidine groups is 1. The minimum atomic E-state index is 0. The number of nitrogens with one attached hydrogen (secondary N) is 2. The number of hydrogen-bond acceptors (Lipinski definition) is 5. The number of hydrogen-bond donors (Lipinski definition) is 2. The number of aryl methyl sites for hydroxylation is 1. The molecule has 0 bridgehead atoms. The van der Waals surface area contributed by atoms with E-state index in [0.717, 1.165) is 49.3 Å². The third kappa shape index (κ3) is 7.64. The van der Waals surface area contributed by atoms with Crippen molar-refractivity contribution in [1.29, 1.82) is 0 Å². The summed E-state index contributed by atoms with van der Waals surface area (Å²) in [5.74, 6) is 3.98. The molecule has 0 saturated carbocycles. The summed E-state index contributed by atoms with van der Waals surface area (Å²) in [6, 6.07) is 8.55. The van der Waals surface area contributed by atoms with E-state index < -0.39 is 0 Å². The topological polar surface area (TPSA) is 85.6 Å². The van der Waals surface area contributed by atoms with E-state index in [1.807, 2.05) is 16.8 Å². The van der Waals surface area contributed by atoms with Gasteiger partial charge in [-0.15, -0.1) is 24.0 Å². The van der Waals surface area contributed by atoms with Crippen molar-refractivity contribution in [3.05, 3.63) is 41.5 Å². The molecule has 2 aromatic rings. The van der Waals surface area contributed by atoms with Crippen LogP contribution in [-0.4, -0.2) is 53.6 Å². The lowest BCUT2D eigenvalue weighted by molar-refractivity contribution is 0.177. The van der Waals surface area contributed by atoms with E-state index in [2.05, 4.69) is 58.6 Å². The molecular weight excluding hydrogens is 507 g/mol. The van der Waals surface area contributed by atoms with E-state index in [-0.39, 0.29) is 30.0 Å². The van der Waals surface area contributed by atoms with Crippen LogP contribution in [0, 0.1) is 0 Å². The molecule has 9 heteroatoms. The van der Waals surface area contributed by atoms with Gasteiger partial charge in [-0.05, 0) is 37.0 Å². The Balaban J connectivity index is 0.00000341. The van der Waals surface area contributed by atoms with Crippen LogP contribution in [0.1, 0.15) is 50.3 Å². The van der Waals surface area contributed by atoms with Gasteiger partial charge < -0.3 is 20.1 Å². The van der Waals surface area contributed by atoms with Gasteiger partial charge in [0, 0.05) is 26.1 Å². The van der Waals surface area contributed by atoms with E-state index in [0.29, 0.717) is 25.7 Å². The highest BCUT2D eigenvalue weighted by Gasteiger charge is 2.22. The molecule has 172 valence electrons. The summed E-state index contributed by atoms with van der Waals surface area (Å²) in [6.07, 6.45) is 1.89. The summed E-state index contributed by atoms with van der Waals surface area (Å²) in [7, 11) is 1.66. The molecule has 2 heterocycles. The zero-order valence-electron chi connectivity index (χ0n) is 18.9. The van der Waals surface area contributed by atoms with Crippen molar-refractivity contribution < 1.29 is 9.47 Å². The Labute approximate surface area is 202 Å². The normalized spacial score (nSPS) is 15.9. The number of methoxy groups -OCH3 is 1. The van der Waals surface area contributed by atoms with Gasteiger partial charge in [0.15, 0.2) is 11.8 Å². The number of halogens is 1. The molecule has 0 spiro atoms. The number of aliphatic imine (C=N–C) groups is 1. The molecule has 0 fully saturated rings. The fraction of sp³-hybridized carbons (Fsp3) is 0.591. The maximum absolute atomic E-state index is 5.83. The number of benzene rings is 1. The molecule has 0 aliphatic carbocycles. The summed E-state index contributed by atoms with van der Waals surface area (Å²) in [5, 5.41) is 11.4. The summed E-state index contributed by atoms with van der Waals surface area (Å²) in [6.45, 7) is 9.59. The van der Waals surface area contributed by atoms with Crippen LogP contribution in [0.25, 0.3) is 0 Å². The van der Waals surface area contributed by atoms with E-state index in [1.165, 1.54) is 5.56 Å². The third-order valence-corrected chi connectivity index (χ3v) is 5.04. The molecule has 0 amide bonds. The van der Waals surface area contributed by atoms with Crippen LogP contribution in [0.4, 0.5) is 0 Å². The zero-order valence-corrected chi connectivity index (χ0v) is 21.3. The molecule has 1 unspecified atom stereocenters. The minimum absolute atomic E-state index is 0. The Hall–Kier alpha value is -1.88. The van der Waals surface area contributed by atoms with Gasteiger partial charge in [-0.25, -0.2) is 14.7 Å². The Morgan fingerprint density at radius 3 is 2.74 bits per heavy atom. The first-order valence-electron chi connectivity index (χ1n) is 10.8. The lowest BCUT2D eigenvalue weighted by Gasteiger charge is -2.25. The predicted molar refractivity (Wildman–Crippen MR) is 133 cm³/mol. The first kappa shape index (κ1) is 25.4. The van der Waals surface area contributed by atoms with Crippen LogP contribution in [-0.2, 0) is 24.3 Å². The molecule has 1 atom stereocenters. The summed E-state index contributed by atoms with van der Waals surface area (Å²) in [4.78, 5) is 9.19. The second kappa shape index (κ2) is 12.8. The lowest BCUT2D eigenvalue weighted by Crippen LogP contribution is -2.47. The largest absolute Gasteiger partial charge is 0.492 e. The van der Waals surface area contributed by atoms with Gasteiger partial charge in [0.2, 0.25) is 0 Å². The van der Waals surface area contributed by atoms with Crippen molar-refractivity contribution in [2.45, 2.75) is 58.7 Å². The maximum Gasteiger partial charge on any atom is 0.191 e. The fourth-order valence-electron chi connectivity index (χ4n) is 3.45. The van der Waals surface area contributed by atoms with Crippen molar-refractivity contribution in [2.75, 3.05) is 26.8 Å². The number of rotatable bonds is 9. The van der Waals surface area contributed by atoms with Crippen molar-refractivity contribution in [3.63, 3.8) is 0 Å².